The van der Waals surface area contributed by atoms with Crippen LogP contribution in [0.2, 0.25) is 0 Å². The molecule has 2 aliphatic rings. The van der Waals surface area contributed by atoms with Crippen molar-refractivity contribution < 1.29 is 9.59 Å². The van der Waals surface area contributed by atoms with Crippen LogP contribution >= 0.6 is 0 Å². The first-order valence-corrected chi connectivity index (χ1v) is 9.28. The van der Waals surface area contributed by atoms with Gasteiger partial charge in [-0.25, -0.2) is 0 Å². The highest BCUT2D eigenvalue weighted by atomic mass is 16.2. The van der Waals surface area contributed by atoms with Crippen LogP contribution < -0.4 is 10.2 Å². The lowest BCUT2D eigenvalue weighted by atomic mass is 9.88. The molecule has 130 valence electrons. The van der Waals surface area contributed by atoms with Gasteiger partial charge in [-0.2, -0.15) is 0 Å². The van der Waals surface area contributed by atoms with E-state index in [0.29, 0.717) is 12.3 Å². The van der Waals surface area contributed by atoms with Crippen molar-refractivity contribution in [2.45, 2.75) is 58.8 Å². The van der Waals surface area contributed by atoms with Gasteiger partial charge in [-0.3, -0.25) is 9.59 Å². The summed E-state index contributed by atoms with van der Waals surface area (Å²) in [5, 5.41) is 3.09. The molecule has 0 aromatic heterocycles. The third kappa shape index (κ3) is 3.80. The predicted octanol–water partition coefficient (Wildman–Crippen LogP) is 4.14. The maximum absolute atomic E-state index is 12.4. The van der Waals surface area contributed by atoms with Crippen LogP contribution in [-0.2, 0) is 16.0 Å². The number of hydrogen-bond donors (Lipinski definition) is 1. The molecule has 0 unspecified atom stereocenters. The van der Waals surface area contributed by atoms with Gasteiger partial charge >= 0.3 is 0 Å². The molecule has 4 nitrogen and oxygen atoms in total. The van der Waals surface area contributed by atoms with Gasteiger partial charge in [0.05, 0.1) is 0 Å². The summed E-state index contributed by atoms with van der Waals surface area (Å²) >= 11 is 0. The Kier molecular flexibility index (Phi) is 5.22. The summed E-state index contributed by atoms with van der Waals surface area (Å²) in [4.78, 5) is 26.5. The molecular formula is C20H28N2O2. The maximum Gasteiger partial charge on any atom is 0.227 e. The fraction of sp³-hybridized carbons (Fsp3) is 0.600. The molecule has 0 spiro atoms. The van der Waals surface area contributed by atoms with Crippen molar-refractivity contribution in [1.82, 2.24) is 0 Å². The molecule has 0 saturated heterocycles. The monoisotopic (exact) mass is 328 g/mol. The minimum atomic E-state index is 0.153. The molecule has 0 radical (unpaired) electrons. The summed E-state index contributed by atoms with van der Waals surface area (Å²) in [7, 11) is 0. The zero-order chi connectivity index (χ0) is 17.1. The predicted molar refractivity (Wildman–Crippen MR) is 97.2 cm³/mol. The Morgan fingerprint density at radius 3 is 2.67 bits per heavy atom. The molecule has 0 atom stereocenters. The molecule has 1 fully saturated rings. The van der Waals surface area contributed by atoms with Crippen LogP contribution in [0.4, 0.5) is 11.4 Å². The Hall–Kier alpha value is -1.84. The largest absolute Gasteiger partial charge is 0.326 e. The van der Waals surface area contributed by atoms with Gasteiger partial charge in [0.2, 0.25) is 11.8 Å². The van der Waals surface area contributed by atoms with E-state index in [9.17, 15) is 9.59 Å². The van der Waals surface area contributed by atoms with Gasteiger partial charge in [0.25, 0.3) is 0 Å². The van der Waals surface area contributed by atoms with Crippen LogP contribution in [0.25, 0.3) is 0 Å². The normalized spacial score (nSPS) is 18.6. The Balaban J connectivity index is 1.73. The van der Waals surface area contributed by atoms with Crippen LogP contribution in [0.5, 0.6) is 0 Å². The fourth-order valence-corrected chi connectivity index (χ4v) is 3.81. The first-order chi connectivity index (χ1) is 11.5. The highest BCUT2D eigenvalue weighted by Crippen LogP contribution is 2.32. The lowest BCUT2D eigenvalue weighted by Crippen LogP contribution is -2.37. The average molecular weight is 328 g/mol. The van der Waals surface area contributed by atoms with E-state index in [-0.39, 0.29) is 17.7 Å². The molecule has 1 aromatic rings. The number of nitrogens with zero attached hydrogens (tertiary/aromatic N) is 1. The third-order valence-corrected chi connectivity index (χ3v) is 5.07. The standard InChI is InChI=1S/C20H28N2O2/c1-14(2)13-22-18-10-9-17(12-16(18)8-11-19(22)23)21-20(24)15-6-4-3-5-7-15/h9-10,12,14-15H,3-8,11,13H2,1-2H3,(H,21,24). The van der Waals surface area contributed by atoms with E-state index in [2.05, 4.69) is 25.2 Å². The SMILES string of the molecule is CC(C)CN1C(=O)CCc2cc(NC(=O)C3CCCCC3)ccc21. The first kappa shape index (κ1) is 17.0. The zero-order valence-corrected chi connectivity index (χ0v) is 14.8. The van der Waals surface area contributed by atoms with Gasteiger partial charge in [-0.15, -0.1) is 0 Å². The van der Waals surface area contributed by atoms with Gasteiger partial charge < -0.3 is 10.2 Å². The summed E-state index contributed by atoms with van der Waals surface area (Å²) < 4.78 is 0. The van der Waals surface area contributed by atoms with Crippen LogP contribution in [0.3, 0.4) is 0 Å². The summed E-state index contributed by atoms with van der Waals surface area (Å²) in [6, 6.07) is 5.98. The van der Waals surface area contributed by atoms with E-state index in [1.807, 2.05) is 17.0 Å². The number of aryl methyl sites for hydroxylation is 1. The lowest BCUT2D eigenvalue weighted by Gasteiger charge is -2.31. The first-order valence-electron chi connectivity index (χ1n) is 9.28. The highest BCUT2D eigenvalue weighted by Gasteiger charge is 2.26. The van der Waals surface area contributed by atoms with Crippen LogP contribution in [0.1, 0.15) is 57.9 Å². The van der Waals surface area contributed by atoms with Gasteiger partial charge in [0.15, 0.2) is 0 Å². The number of nitrogens with one attached hydrogen (secondary N) is 1. The number of rotatable bonds is 4. The van der Waals surface area contributed by atoms with E-state index in [0.717, 1.165) is 55.6 Å². The molecule has 3 rings (SSSR count). The quantitative estimate of drug-likeness (QED) is 0.903. The third-order valence-electron chi connectivity index (χ3n) is 5.07. The number of fused-ring (bicyclic) bond motifs is 1. The van der Waals surface area contributed by atoms with Gasteiger partial charge in [0.1, 0.15) is 0 Å². The second kappa shape index (κ2) is 7.37. The number of amides is 2. The van der Waals surface area contributed by atoms with Crippen molar-refractivity contribution in [3.8, 4) is 0 Å². The number of benzene rings is 1. The van der Waals surface area contributed by atoms with Crippen molar-refractivity contribution in [3.05, 3.63) is 23.8 Å². The van der Waals surface area contributed by atoms with E-state index < -0.39 is 0 Å². The molecule has 1 aliphatic heterocycles. The average Bonchev–Trinajstić information content (AvgIpc) is 2.58. The van der Waals surface area contributed by atoms with E-state index in [1.165, 1.54) is 6.42 Å². The van der Waals surface area contributed by atoms with Crippen molar-refractivity contribution in [1.29, 1.82) is 0 Å². The van der Waals surface area contributed by atoms with E-state index in [4.69, 9.17) is 0 Å². The van der Waals surface area contributed by atoms with Crippen molar-refractivity contribution >= 4 is 23.2 Å². The molecule has 0 bridgehead atoms. The summed E-state index contributed by atoms with van der Waals surface area (Å²) in [5.41, 5.74) is 3.04. The lowest BCUT2D eigenvalue weighted by molar-refractivity contribution is -0.121. The summed E-state index contributed by atoms with van der Waals surface area (Å²) in [6.45, 7) is 5.00. The Labute approximate surface area is 144 Å². The molecule has 1 heterocycles. The van der Waals surface area contributed by atoms with Crippen molar-refractivity contribution in [2.75, 3.05) is 16.8 Å². The molecule has 1 aliphatic carbocycles. The zero-order valence-electron chi connectivity index (χ0n) is 14.8. The number of hydrogen-bond acceptors (Lipinski definition) is 2. The van der Waals surface area contributed by atoms with Crippen LogP contribution in [-0.4, -0.2) is 18.4 Å². The number of anilines is 2. The molecule has 1 aromatic carbocycles. The maximum atomic E-state index is 12.4. The number of carbonyl (C=O) groups is 2. The second-order valence-corrected chi connectivity index (χ2v) is 7.57. The van der Waals surface area contributed by atoms with Gasteiger partial charge in [0, 0.05) is 30.3 Å². The highest BCUT2D eigenvalue weighted by molar-refractivity contribution is 5.98. The van der Waals surface area contributed by atoms with E-state index >= 15 is 0 Å². The molecule has 4 heteroatoms. The topological polar surface area (TPSA) is 49.4 Å². The molecule has 2 amide bonds. The minimum Gasteiger partial charge on any atom is -0.326 e. The van der Waals surface area contributed by atoms with Crippen molar-refractivity contribution in [3.63, 3.8) is 0 Å². The fourth-order valence-electron chi connectivity index (χ4n) is 3.81. The van der Waals surface area contributed by atoms with Gasteiger partial charge in [-0.05, 0) is 48.9 Å². The summed E-state index contributed by atoms with van der Waals surface area (Å²) in [5.74, 6) is 0.954. The Morgan fingerprint density at radius 1 is 1.21 bits per heavy atom. The van der Waals surface area contributed by atoms with Gasteiger partial charge in [-0.1, -0.05) is 33.1 Å². The molecule has 24 heavy (non-hydrogen) atoms. The smallest absolute Gasteiger partial charge is 0.227 e. The van der Waals surface area contributed by atoms with Crippen LogP contribution in [0.15, 0.2) is 18.2 Å². The van der Waals surface area contributed by atoms with Crippen molar-refractivity contribution in [2.24, 2.45) is 11.8 Å². The Bertz CT molecular complexity index is 618. The minimum absolute atomic E-state index is 0.153. The molecule has 1 saturated carbocycles. The molecule has 1 N–H and O–H groups in total. The second-order valence-electron chi connectivity index (χ2n) is 7.57. The Morgan fingerprint density at radius 2 is 1.96 bits per heavy atom. The van der Waals surface area contributed by atoms with E-state index in [1.54, 1.807) is 0 Å². The number of carbonyl (C=O) groups excluding carboxylic acids is 2. The molecular weight excluding hydrogens is 300 g/mol. The van der Waals surface area contributed by atoms with Crippen LogP contribution in [0, 0.1) is 11.8 Å². The summed E-state index contributed by atoms with van der Waals surface area (Å²) in [6.07, 6.45) is 6.90.